The Morgan fingerprint density at radius 3 is 2.29 bits per heavy atom. The largest absolute Gasteiger partial charge is 0.395 e. The van der Waals surface area contributed by atoms with Crippen molar-refractivity contribution >= 4 is 11.9 Å². The molecule has 0 fully saturated rings. The van der Waals surface area contributed by atoms with Crippen molar-refractivity contribution in [3.63, 3.8) is 0 Å². The van der Waals surface area contributed by atoms with Crippen molar-refractivity contribution in [1.82, 2.24) is 0 Å². The molecular formula is C9H12O5. The Kier molecular flexibility index (Phi) is 4.04. The molecule has 0 aliphatic rings. The van der Waals surface area contributed by atoms with E-state index in [2.05, 4.69) is 22.6 Å². The summed E-state index contributed by atoms with van der Waals surface area (Å²) in [7, 11) is 0. The van der Waals surface area contributed by atoms with Crippen molar-refractivity contribution in [2.75, 3.05) is 0 Å². The highest BCUT2D eigenvalue weighted by molar-refractivity contribution is 5.87. The SMILES string of the molecule is C=CC(=O)OC(C)(O)OC(=O)C(=C)C. The van der Waals surface area contributed by atoms with Crippen LogP contribution in [-0.4, -0.2) is 23.0 Å². The van der Waals surface area contributed by atoms with Gasteiger partial charge >= 0.3 is 17.9 Å². The number of carbonyl (C=O) groups is 2. The van der Waals surface area contributed by atoms with E-state index in [9.17, 15) is 14.7 Å². The molecule has 1 unspecified atom stereocenters. The zero-order valence-electron chi connectivity index (χ0n) is 8.07. The third kappa shape index (κ3) is 4.42. The molecule has 0 aliphatic heterocycles. The lowest BCUT2D eigenvalue weighted by atomic mass is 10.4. The van der Waals surface area contributed by atoms with Gasteiger partial charge in [-0.2, -0.15) is 0 Å². The molecule has 0 aromatic heterocycles. The number of aliphatic hydroxyl groups is 1. The van der Waals surface area contributed by atoms with Crippen molar-refractivity contribution in [3.8, 4) is 0 Å². The Bertz CT molecular complexity index is 277. The van der Waals surface area contributed by atoms with Gasteiger partial charge in [0, 0.05) is 18.6 Å². The maximum Gasteiger partial charge on any atom is 0.370 e. The van der Waals surface area contributed by atoms with Gasteiger partial charge in [0.05, 0.1) is 0 Å². The molecule has 14 heavy (non-hydrogen) atoms. The molecule has 0 aromatic carbocycles. The zero-order chi connectivity index (χ0) is 11.4. The van der Waals surface area contributed by atoms with Gasteiger partial charge in [-0.05, 0) is 6.92 Å². The van der Waals surface area contributed by atoms with E-state index in [0.29, 0.717) is 0 Å². The third-order valence-electron chi connectivity index (χ3n) is 1.09. The van der Waals surface area contributed by atoms with Crippen molar-refractivity contribution in [2.24, 2.45) is 0 Å². The van der Waals surface area contributed by atoms with E-state index >= 15 is 0 Å². The number of esters is 2. The van der Waals surface area contributed by atoms with E-state index in [1.165, 1.54) is 6.92 Å². The molecule has 0 rings (SSSR count). The monoisotopic (exact) mass is 200 g/mol. The van der Waals surface area contributed by atoms with Crippen LogP contribution in [0, 0.1) is 0 Å². The molecule has 0 spiro atoms. The predicted molar refractivity (Wildman–Crippen MR) is 47.8 cm³/mol. The number of rotatable bonds is 4. The average molecular weight is 200 g/mol. The minimum Gasteiger partial charge on any atom is -0.395 e. The van der Waals surface area contributed by atoms with E-state index < -0.39 is 17.9 Å². The first-order valence-electron chi connectivity index (χ1n) is 3.75. The van der Waals surface area contributed by atoms with Gasteiger partial charge in [-0.1, -0.05) is 13.2 Å². The summed E-state index contributed by atoms with van der Waals surface area (Å²) in [6.45, 7) is 8.81. The summed E-state index contributed by atoms with van der Waals surface area (Å²) in [6.07, 6.45) is 0.836. The molecule has 5 heteroatoms. The van der Waals surface area contributed by atoms with Crippen LogP contribution in [0.25, 0.3) is 0 Å². The maximum atomic E-state index is 10.9. The first kappa shape index (κ1) is 12.4. The summed E-state index contributed by atoms with van der Waals surface area (Å²) in [6, 6.07) is 0. The summed E-state index contributed by atoms with van der Waals surface area (Å²) in [5.74, 6) is -4.06. The van der Waals surface area contributed by atoms with Gasteiger partial charge in [0.2, 0.25) is 0 Å². The second kappa shape index (κ2) is 4.57. The fourth-order valence-corrected chi connectivity index (χ4v) is 0.508. The summed E-state index contributed by atoms with van der Waals surface area (Å²) in [5.41, 5.74) is 0.0833. The lowest BCUT2D eigenvalue weighted by molar-refractivity contribution is -0.310. The normalized spacial score (nSPS) is 13.6. The van der Waals surface area contributed by atoms with Crippen LogP contribution in [0.1, 0.15) is 13.8 Å². The van der Waals surface area contributed by atoms with Crippen molar-refractivity contribution in [2.45, 2.75) is 19.8 Å². The van der Waals surface area contributed by atoms with Crippen molar-refractivity contribution in [3.05, 3.63) is 24.8 Å². The van der Waals surface area contributed by atoms with E-state index in [0.717, 1.165) is 13.0 Å². The lowest BCUT2D eigenvalue weighted by Gasteiger charge is -2.21. The number of hydrogen-bond acceptors (Lipinski definition) is 5. The van der Waals surface area contributed by atoms with Gasteiger partial charge in [0.25, 0.3) is 0 Å². The van der Waals surface area contributed by atoms with Crippen LogP contribution in [0.15, 0.2) is 24.8 Å². The lowest BCUT2D eigenvalue weighted by Crippen LogP contribution is -2.36. The molecule has 1 N–H and O–H groups in total. The predicted octanol–water partition coefficient (Wildman–Crippen LogP) is 0.501. The Morgan fingerprint density at radius 2 is 1.93 bits per heavy atom. The molecule has 0 radical (unpaired) electrons. The Morgan fingerprint density at radius 1 is 1.43 bits per heavy atom. The summed E-state index contributed by atoms with van der Waals surface area (Å²) >= 11 is 0. The summed E-state index contributed by atoms with van der Waals surface area (Å²) in [4.78, 5) is 21.6. The highest BCUT2D eigenvalue weighted by Crippen LogP contribution is 2.10. The second-order valence-corrected chi connectivity index (χ2v) is 2.69. The van der Waals surface area contributed by atoms with E-state index in [4.69, 9.17) is 0 Å². The summed E-state index contributed by atoms with van der Waals surface area (Å²) < 4.78 is 8.72. The van der Waals surface area contributed by atoms with Gasteiger partial charge in [-0.3, -0.25) is 0 Å². The standard InChI is InChI=1S/C9H12O5/c1-5-7(10)13-9(4,12)14-8(11)6(2)3/h5,12H,1-2H2,3-4H3. The quantitative estimate of drug-likeness (QED) is 0.406. The minimum atomic E-state index is -2.30. The molecule has 0 aromatic rings. The van der Waals surface area contributed by atoms with Crippen LogP contribution in [0.5, 0.6) is 0 Å². The Balaban J connectivity index is 4.33. The molecule has 0 saturated carbocycles. The molecule has 0 bridgehead atoms. The molecule has 0 amide bonds. The first-order valence-corrected chi connectivity index (χ1v) is 3.75. The fraction of sp³-hybridized carbons (Fsp3) is 0.333. The highest BCUT2D eigenvalue weighted by atomic mass is 16.8. The molecule has 1 atom stereocenters. The van der Waals surface area contributed by atoms with E-state index in [-0.39, 0.29) is 5.57 Å². The maximum absolute atomic E-state index is 10.9. The summed E-state index contributed by atoms with van der Waals surface area (Å²) in [5, 5.41) is 9.26. The van der Waals surface area contributed by atoms with Gasteiger partial charge < -0.3 is 14.6 Å². The number of ether oxygens (including phenoxy) is 2. The van der Waals surface area contributed by atoms with Crippen LogP contribution in [0.4, 0.5) is 0 Å². The van der Waals surface area contributed by atoms with Crippen LogP contribution in [-0.2, 0) is 19.1 Å². The van der Waals surface area contributed by atoms with Crippen LogP contribution in [0.2, 0.25) is 0 Å². The van der Waals surface area contributed by atoms with Crippen LogP contribution in [0.3, 0.4) is 0 Å². The molecular weight excluding hydrogens is 188 g/mol. The van der Waals surface area contributed by atoms with Crippen LogP contribution < -0.4 is 0 Å². The van der Waals surface area contributed by atoms with Gasteiger partial charge in [0.1, 0.15) is 0 Å². The van der Waals surface area contributed by atoms with E-state index in [1.807, 2.05) is 0 Å². The zero-order valence-corrected chi connectivity index (χ0v) is 8.07. The molecule has 0 saturated heterocycles. The van der Waals surface area contributed by atoms with Crippen LogP contribution >= 0.6 is 0 Å². The topological polar surface area (TPSA) is 72.8 Å². The van der Waals surface area contributed by atoms with E-state index in [1.54, 1.807) is 0 Å². The van der Waals surface area contributed by atoms with Gasteiger partial charge in [-0.15, -0.1) is 0 Å². The highest BCUT2D eigenvalue weighted by Gasteiger charge is 2.29. The van der Waals surface area contributed by atoms with Crippen molar-refractivity contribution in [1.29, 1.82) is 0 Å². The van der Waals surface area contributed by atoms with Gasteiger partial charge in [0.15, 0.2) is 0 Å². The smallest absolute Gasteiger partial charge is 0.370 e. The Labute approximate surface area is 81.6 Å². The Hall–Kier alpha value is -1.62. The number of hydrogen-bond donors (Lipinski definition) is 1. The average Bonchev–Trinajstić information content (AvgIpc) is 2.02. The molecule has 5 nitrogen and oxygen atoms in total. The first-order chi connectivity index (χ1) is 6.28. The van der Waals surface area contributed by atoms with Crippen molar-refractivity contribution < 1.29 is 24.2 Å². The number of carbonyl (C=O) groups excluding carboxylic acids is 2. The second-order valence-electron chi connectivity index (χ2n) is 2.69. The molecule has 0 heterocycles. The third-order valence-corrected chi connectivity index (χ3v) is 1.09. The molecule has 78 valence electrons. The van der Waals surface area contributed by atoms with Gasteiger partial charge in [-0.25, -0.2) is 9.59 Å². The molecule has 0 aliphatic carbocycles. The minimum absolute atomic E-state index is 0.0833. The fourth-order valence-electron chi connectivity index (χ4n) is 0.508.